The van der Waals surface area contributed by atoms with Crippen molar-refractivity contribution in [2.75, 3.05) is 6.54 Å². The number of aromatic amines is 1. The van der Waals surface area contributed by atoms with E-state index in [0.29, 0.717) is 12.0 Å². The third-order valence-electron chi connectivity index (χ3n) is 6.30. The summed E-state index contributed by atoms with van der Waals surface area (Å²) >= 11 is 0. The molecular weight excluding hydrogens is 347 g/mol. The van der Waals surface area contributed by atoms with Gasteiger partial charge in [0, 0.05) is 35.8 Å². The second kappa shape index (κ2) is 5.65. The van der Waals surface area contributed by atoms with Gasteiger partial charge in [-0.25, -0.2) is 4.39 Å². The number of carbonyl (C=O) groups is 2. The molecule has 2 heterocycles. The minimum atomic E-state index is -0.539. The van der Waals surface area contributed by atoms with Crippen molar-refractivity contribution in [3.05, 3.63) is 41.8 Å². The lowest BCUT2D eigenvalue weighted by molar-refractivity contribution is -0.190. The number of hydrogen-bond acceptors (Lipinski definition) is 3. The third kappa shape index (κ3) is 2.48. The van der Waals surface area contributed by atoms with E-state index in [-0.39, 0.29) is 22.5 Å². The molecule has 0 radical (unpaired) electrons. The average molecular weight is 368 g/mol. The van der Waals surface area contributed by atoms with Crippen LogP contribution in [0.1, 0.15) is 48.9 Å². The van der Waals surface area contributed by atoms with Crippen LogP contribution in [0.25, 0.3) is 11.3 Å². The Hall–Kier alpha value is -2.70. The van der Waals surface area contributed by atoms with Crippen LogP contribution in [-0.4, -0.2) is 44.5 Å². The lowest BCUT2D eigenvalue weighted by Gasteiger charge is -2.73. The summed E-state index contributed by atoms with van der Waals surface area (Å²) in [5.41, 5.74) is 1.13. The number of likely N-dealkylation sites (tertiary alicyclic amines) is 1. The van der Waals surface area contributed by atoms with E-state index in [0.717, 1.165) is 44.3 Å². The maximum atomic E-state index is 14.2. The zero-order chi connectivity index (χ0) is 18.6. The van der Waals surface area contributed by atoms with Gasteiger partial charge in [0.05, 0.1) is 11.3 Å². The fraction of sp³-hybridized carbons (Fsp3) is 0.450. The molecule has 4 aliphatic rings. The van der Waals surface area contributed by atoms with E-state index in [1.807, 2.05) is 4.90 Å². The maximum absolute atomic E-state index is 14.2. The lowest BCUT2D eigenvalue weighted by atomic mass is 9.43. The standard InChI is InChI=1S/C20H21FN4O2/c21-15-5-4-13(16-6-7-22-24-16)9-14(15)18(27)23-19-10-20(11-19,12-19)25-8-2-1-3-17(25)26/h4-7,9H,1-3,8,10-12H2,(H,22,24)(H,23,27). The van der Waals surface area contributed by atoms with Gasteiger partial charge in [0.1, 0.15) is 5.82 Å². The number of halogens is 1. The van der Waals surface area contributed by atoms with Crippen LogP contribution in [0.2, 0.25) is 0 Å². The predicted octanol–water partition coefficient (Wildman–Crippen LogP) is 2.63. The SMILES string of the molecule is O=C(NC12CC(N3CCCCC3=O)(C1)C2)c1cc(-c2ccn[nH]2)ccc1F. The highest BCUT2D eigenvalue weighted by atomic mass is 19.1. The van der Waals surface area contributed by atoms with E-state index >= 15 is 0 Å². The zero-order valence-corrected chi connectivity index (χ0v) is 14.9. The van der Waals surface area contributed by atoms with Crippen LogP contribution in [0.4, 0.5) is 4.39 Å². The molecule has 1 aliphatic heterocycles. The molecule has 3 saturated carbocycles. The number of aromatic nitrogens is 2. The normalized spacial score (nSPS) is 29.1. The van der Waals surface area contributed by atoms with E-state index in [4.69, 9.17) is 0 Å². The summed E-state index contributed by atoms with van der Waals surface area (Å²) < 4.78 is 14.2. The number of H-pyrrole nitrogens is 1. The van der Waals surface area contributed by atoms with Crippen molar-refractivity contribution in [2.45, 2.75) is 49.6 Å². The van der Waals surface area contributed by atoms with Gasteiger partial charge >= 0.3 is 0 Å². The molecule has 2 amide bonds. The molecule has 6 nitrogen and oxygen atoms in total. The molecule has 7 heteroatoms. The molecule has 2 bridgehead atoms. The van der Waals surface area contributed by atoms with Crippen molar-refractivity contribution in [2.24, 2.45) is 0 Å². The predicted molar refractivity (Wildman–Crippen MR) is 96.3 cm³/mol. The minimum Gasteiger partial charge on any atom is -0.346 e. The Morgan fingerprint density at radius 1 is 1.22 bits per heavy atom. The molecule has 27 heavy (non-hydrogen) atoms. The Bertz CT molecular complexity index is 904. The summed E-state index contributed by atoms with van der Waals surface area (Å²) in [6, 6.07) is 6.25. The molecule has 4 fully saturated rings. The first-order valence-corrected chi connectivity index (χ1v) is 9.43. The van der Waals surface area contributed by atoms with E-state index < -0.39 is 11.7 Å². The highest BCUT2D eigenvalue weighted by Gasteiger charge is 2.71. The molecule has 6 rings (SSSR count). The number of nitrogens with one attached hydrogen (secondary N) is 2. The lowest BCUT2D eigenvalue weighted by Crippen LogP contribution is -2.84. The Balaban J connectivity index is 1.29. The van der Waals surface area contributed by atoms with Crippen molar-refractivity contribution < 1.29 is 14.0 Å². The number of amides is 2. The number of rotatable bonds is 4. The van der Waals surface area contributed by atoms with Crippen LogP contribution >= 0.6 is 0 Å². The fourth-order valence-electron chi connectivity index (χ4n) is 5.05. The van der Waals surface area contributed by atoms with Crippen LogP contribution in [0.15, 0.2) is 30.5 Å². The van der Waals surface area contributed by atoms with Crippen molar-refractivity contribution in [3.63, 3.8) is 0 Å². The quantitative estimate of drug-likeness (QED) is 0.871. The molecule has 0 atom stereocenters. The zero-order valence-electron chi connectivity index (χ0n) is 14.9. The van der Waals surface area contributed by atoms with Gasteiger partial charge in [0.15, 0.2) is 0 Å². The highest BCUT2D eigenvalue weighted by Crippen LogP contribution is 2.64. The third-order valence-corrected chi connectivity index (χ3v) is 6.30. The Labute approximate surface area is 156 Å². The van der Waals surface area contributed by atoms with Crippen LogP contribution in [0, 0.1) is 5.82 Å². The van der Waals surface area contributed by atoms with Crippen molar-refractivity contribution in [1.29, 1.82) is 0 Å². The van der Waals surface area contributed by atoms with Crippen molar-refractivity contribution >= 4 is 11.8 Å². The van der Waals surface area contributed by atoms with Crippen LogP contribution in [0.3, 0.4) is 0 Å². The molecule has 1 aromatic carbocycles. The first kappa shape index (κ1) is 16.5. The first-order chi connectivity index (χ1) is 13.0. The van der Waals surface area contributed by atoms with E-state index in [9.17, 15) is 14.0 Å². The van der Waals surface area contributed by atoms with Crippen molar-refractivity contribution in [1.82, 2.24) is 20.4 Å². The van der Waals surface area contributed by atoms with Crippen LogP contribution in [0.5, 0.6) is 0 Å². The second-order valence-electron chi connectivity index (χ2n) is 8.16. The molecular formula is C20H21FN4O2. The molecule has 3 aliphatic carbocycles. The average Bonchev–Trinajstić information content (AvgIpc) is 3.12. The molecule has 0 spiro atoms. The molecule has 2 aromatic rings. The van der Waals surface area contributed by atoms with Gasteiger partial charge in [-0.1, -0.05) is 0 Å². The number of piperidine rings is 1. The maximum Gasteiger partial charge on any atom is 0.254 e. The Morgan fingerprint density at radius 3 is 2.74 bits per heavy atom. The summed E-state index contributed by atoms with van der Waals surface area (Å²) in [7, 11) is 0. The largest absolute Gasteiger partial charge is 0.346 e. The summed E-state index contributed by atoms with van der Waals surface area (Å²) in [6.07, 6.45) is 6.60. The number of carbonyl (C=O) groups excluding carboxylic acids is 2. The van der Waals surface area contributed by atoms with Gasteiger partial charge in [-0.05, 0) is 56.4 Å². The van der Waals surface area contributed by atoms with Gasteiger partial charge < -0.3 is 10.2 Å². The topological polar surface area (TPSA) is 78.1 Å². The van der Waals surface area contributed by atoms with Crippen molar-refractivity contribution in [3.8, 4) is 11.3 Å². The molecule has 2 N–H and O–H groups in total. The molecule has 1 saturated heterocycles. The number of benzene rings is 1. The second-order valence-corrected chi connectivity index (χ2v) is 8.16. The van der Waals surface area contributed by atoms with Gasteiger partial charge in [-0.15, -0.1) is 0 Å². The molecule has 140 valence electrons. The minimum absolute atomic E-state index is 0.0370. The smallest absolute Gasteiger partial charge is 0.254 e. The first-order valence-electron chi connectivity index (χ1n) is 9.43. The van der Waals surface area contributed by atoms with E-state index in [1.54, 1.807) is 24.4 Å². The summed E-state index contributed by atoms with van der Waals surface area (Å²) in [6.45, 7) is 0.823. The van der Waals surface area contributed by atoms with Gasteiger partial charge in [0.2, 0.25) is 5.91 Å². The molecule has 1 aromatic heterocycles. The van der Waals surface area contributed by atoms with Gasteiger partial charge in [-0.3, -0.25) is 14.7 Å². The number of hydrogen-bond donors (Lipinski definition) is 2. The Morgan fingerprint density at radius 2 is 2.04 bits per heavy atom. The summed E-state index contributed by atoms with van der Waals surface area (Å²) in [5.74, 6) is -0.699. The highest BCUT2D eigenvalue weighted by molar-refractivity contribution is 5.96. The molecule has 0 unspecified atom stereocenters. The summed E-state index contributed by atoms with van der Waals surface area (Å²) in [5, 5.41) is 9.74. The fourth-order valence-corrected chi connectivity index (χ4v) is 5.05. The van der Waals surface area contributed by atoms with Crippen LogP contribution < -0.4 is 5.32 Å². The number of nitrogens with zero attached hydrogens (tertiary/aromatic N) is 2. The Kier molecular flexibility index (Phi) is 3.44. The summed E-state index contributed by atoms with van der Waals surface area (Å²) in [4.78, 5) is 26.9. The van der Waals surface area contributed by atoms with E-state index in [1.165, 1.54) is 6.07 Å². The monoisotopic (exact) mass is 368 g/mol. The van der Waals surface area contributed by atoms with Gasteiger partial charge in [-0.2, -0.15) is 5.10 Å². The van der Waals surface area contributed by atoms with Crippen LogP contribution in [-0.2, 0) is 4.79 Å². The van der Waals surface area contributed by atoms with E-state index in [2.05, 4.69) is 15.5 Å². The van der Waals surface area contributed by atoms with Gasteiger partial charge in [0.25, 0.3) is 5.91 Å².